The fraction of sp³-hybridized carbons (Fsp3) is 0.250. The van der Waals surface area contributed by atoms with E-state index in [9.17, 15) is 18.0 Å². The van der Waals surface area contributed by atoms with Gasteiger partial charge >= 0.3 is 0 Å². The second-order valence-corrected chi connectivity index (χ2v) is 8.84. The zero-order valence-electron chi connectivity index (χ0n) is 16.0. The number of carbonyl (C=O) groups is 1. The molecule has 156 valence electrons. The van der Waals surface area contributed by atoms with E-state index >= 15 is 0 Å². The highest BCUT2D eigenvalue weighted by atomic mass is 32.2. The Labute approximate surface area is 172 Å². The minimum Gasteiger partial charge on any atom is -0.310 e. The molecule has 4 rings (SSSR count). The molecule has 1 aliphatic carbocycles. The predicted octanol–water partition coefficient (Wildman–Crippen LogP) is 1.44. The first-order valence-corrected chi connectivity index (χ1v) is 11.0. The number of hydrogen-bond acceptors (Lipinski definition) is 6. The maximum atomic E-state index is 12.2. The molecule has 0 atom stereocenters. The molecule has 0 unspecified atom stereocenters. The first-order valence-electron chi connectivity index (χ1n) is 9.56. The lowest BCUT2D eigenvalue weighted by molar-refractivity contribution is -0.120. The number of amides is 1. The molecule has 0 spiro atoms. The van der Waals surface area contributed by atoms with Crippen molar-refractivity contribution in [1.29, 1.82) is 0 Å². The topological polar surface area (TPSA) is 133 Å². The van der Waals surface area contributed by atoms with Gasteiger partial charge in [0, 0.05) is 18.9 Å². The highest BCUT2D eigenvalue weighted by Gasteiger charge is 2.27. The minimum atomic E-state index is -3.50. The van der Waals surface area contributed by atoms with E-state index in [-0.39, 0.29) is 35.2 Å². The van der Waals surface area contributed by atoms with Crippen molar-refractivity contribution in [2.24, 2.45) is 0 Å². The van der Waals surface area contributed by atoms with E-state index in [0.29, 0.717) is 22.4 Å². The summed E-state index contributed by atoms with van der Waals surface area (Å²) in [5.74, 6) is 0.143. The number of hydrazine groups is 1. The van der Waals surface area contributed by atoms with E-state index in [2.05, 4.69) is 25.5 Å². The molecule has 1 saturated carbocycles. The monoisotopic (exact) mass is 427 g/mol. The van der Waals surface area contributed by atoms with Gasteiger partial charge in [-0.2, -0.15) is 0 Å². The zero-order valence-corrected chi connectivity index (χ0v) is 16.8. The van der Waals surface area contributed by atoms with Crippen LogP contribution in [0.5, 0.6) is 0 Å². The number of sulfonamides is 1. The third-order valence-corrected chi connectivity index (χ3v) is 6.20. The zero-order chi connectivity index (χ0) is 21.1. The van der Waals surface area contributed by atoms with Gasteiger partial charge in [-0.1, -0.05) is 12.1 Å². The van der Waals surface area contributed by atoms with Crippen LogP contribution in [0.15, 0.2) is 58.2 Å². The Morgan fingerprint density at radius 1 is 1.10 bits per heavy atom. The quantitative estimate of drug-likeness (QED) is 0.402. The third-order valence-electron chi connectivity index (χ3n) is 4.66. The summed E-state index contributed by atoms with van der Waals surface area (Å²) in [6, 6.07) is 13.1. The van der Waals surface area contributed by atoms with Gasteiger partial charge in [-0.05, 0) is 49.2 Å². The van der Waals surface area contributed by atoms with Crippen LogP contribution in [0.3, 0.4) is 0 Å². The van der Waals surface area contributed by atoms with E-state index in [0.717, 1.165) is 12.8 Å². The van der Waals surface area contributed by atoms with Gasteiger partial charge < -0.3 is 4.98 Å². The van der Waals surface area contributed by atoms with Gasteiger partial charge in [-0.25, -0.2) is 18.1 Å². The predicted molar refractivity (Wildman–Crippen MR) is 112 cm³/mol. The fourth-order valence-corrected chi connectivity index (χ4v) is 4.20. The number of carbonyl (C=O) groups excluding carboxylic acids is 1. The molecule has 0 aliphatic heterocycles. The Morgan fingerprint density at radius 2 is 1.83 bits per heavy atom. The van der Waals surface area contributed by atoms with Gasteiger partial charge in [0.05, 0.1) is 21.5 Å². The lowest BCUT2D eigenvalue weighted by atomic mass is 10.2. The molecular weight excluding hydrogens is 406 g/mol. The van der Waals surface area contributed by atoms with Crippen molar-refractivity contribution in [2.45, 2.75) is 36.6 Å². The van der Waals surface area contributed by atoms with Crippen LogP contribution in [0, 0.1) is 0 Å². The summed E-state index contributed by atoms with van der Waals surface area (Å²) in [6.45, 7) is 0. The third kappa shape index (κ3) is 4.84. The summed E-state index contributed by atoms with van der Waals surface area (Å²) in [6.07, 6.45) is 2.13. The van der Waals surface area contributed by atoms with Crippen molar-refractivity contribution in [1.82, 2.24) is 20.1 Å². The van der Waals surface area contributed by atoms with Gasteiger partial charge in [0.15, 0.2) is 0 Å². The summed E-state index contributed by atoms with van der Waals surface area (Å²) in [5, 5.41) is 0.505. The molecule has 1 fully saturated rings. The smallest absolute Gasteiger partial charge is 0.258 e. The lowest BCUT2D eigenvalue weighted by Gasteiger charge is -2.10. The largest absolute Gasteiger partial charge is 0.310 e. The summed E-state index contributed by atoms with van der Waals surface area (Å²) >= 11 is 0. The number of rotatable bonds is 8. The number of fused-ring (bicyclic) bond motifs is 1. The number of hydrogen-bond donors (Lipinski definition) is 4. The number of aromatic amines is 1. The molecular formula is C20H21N5O4S. The van der Waals surface area contributed by atoms with Crippen LogP contribution in [0.1, 0.15) is 25.1 Å². The van der Waals surface area contributed by atoms with E-state index < -0.39 is 10.0 Å². The Hall–Kier alpha value is -3.24. The van der Waals surface area contributed by atoms with Gasteiger partial charge in [0.25, 0.3) is 5.56 Å². The molecule has 0 radical (unpaired) electrons. The lowest BCUT2D eigenvalue weighted by Crippen LogP contribution is -2.30. The summed E-state index contributed by atoms with van der Waals surface area (Å²) in [4.78, 5) is 31.4. The normalized spacial score (nSPS) is 13.9. The molecule has 4 N–H and O–H groups in total. The van der Waals surface area contributed by atoms with Crippen LogP contribution >= 0.6 is 0 Å². The number of para-hydroxylation sites is 1. The van der Waals surface area contributed by atoms with Gasteiger partial charge in [0.2, 0.25) is 15.9 Å². The minimum absolute atomic E-state index is 0.0409. The van der Waals surface area contributed by atoms with Crippen LogP contribution in [-0.4, -0.2) is 30.3 Å². The number of anilines is 1. The average Bonchev–Trinajstić information content (AvgIpc) is 3.54. The molecule has 10 heteroatoms. The molecule has 3 aromatic rings. The molecule has 9 nitrogen and oxygen atoms in total. The summed E-state index contributed by atoms with van der Waals surface area (Å²) < 4.78 is 26.9. The molecule has 1 amide bonds. The first kappa shape index (κ1) is 20.0. The van der Waals surface area contributed by atoms with E-state index in [1.165, 1.54) is 12.1 Å². The highest BCUT2D eigenvalue weighted by molar-refractivity contribution is 7.89. The van der Waals surface area contributed by atoms with Crippen LogP contribution < -0.4 is 21.1 Å². The van der Waals surface area contributed by atoms with Gasteiger partial charge in [0.1, 0.15) is 5.82 Å². The summed E-state index contributed by atoms with van der Waals surface area (Å²) in [5.41, 5.74) is 6.19. The van der Waals surface area contributed by atoms with E-state index in [1.807, 2.05) is 0 Å². The highest BCUT2D eigenvalue weighted by Crippen LogP contribution is 2.22. The van der Waals surface area contributed by atoms with Crippen molar-refractivity contribution in [2.75, 3.05) is 5.43 Å². The average molecular weight is 427 g/mol. The number of H-pyrrole nitrogens is 1. The molecule has 1 heterocycles. The number of nitrogens with zero attached hydrogens (tertiary/aromatic N) is 1. The standard InChI is InChI=1S/C20H21N5O4S/c26-19(12-11-18-21-17-4-2-1-3-16(17)20(27)22-18)24-23-13-7-9-15(10-8-13)30(28,29)25-14-5-6-14/h1-4,7-10,14,23,25H,5-6,11-12H2,(H,24,26)(H,21,22,27). The Morgan fingerprint density at radius 3 is 2.57 bits per heavy atom. The molecule has 2 aromatic carbocycles. The number of benzene rings is 2. The Kier molecular flexibility index (Phi) is 5.51. The van der Waals surface area contributed by atoms with Crippen LogP contribution in [0.25, 0.3) is 10.9 Å². The number of nitrogens with one attached hydrogen (secondary N) is 4. The Bertz CT molecular complexity index is 1230. The number of aryl methyl sites for hydroxylation is 1. The van der Waals surface area contributed by atoms with Gasteiger partial charge in [-0.3, -0.25) is 20.4 Å². The van der Waals surface area contributed by atoms with Gasteiger partial charge in [-0.15, -0.1) is 0 Å². The van der Waals surface area contributed by atoms with Crippen molar-refractivity contribution in [3.8, 4) is 0 Å². The van der Waals surface area contributed by atoms with E-state index in [1.54, 1.807) is 36.4 Å². The first-order chi connectivity index (χ1) is 14.4. The molecule has 1 aliphatic rings. The fourth-order valence-electron chi connectivity index (χ4n) is 2.90. The second kappa shape index (κ2) is 8.25. The van der Waals surface area contributed by atoms with Crippen LogP contribution in [-0.2, 0) is 21.2 Å². The summed E-state index contributed by atoms with van der Waals surface area (Å²) in [7, 11) is -3.50. The molecule has 30 heavy (non-hydrogen) atoms. The Balaban J connectivity index is 1.30. The van der Waals surface area contributed by atoms with Crippen molar-refractivity contribution in [3.63, 3.8) is 0 Å². The molecule has 0 saturated heterocycles. The van der Waals surface area contributed by atoms with E-state index in [4.69, 9.17) is 0 Å². The van der Waals surface area contributed by atoms with Crippen LogP contribution in [0.4, 0.5) is 5.69 Å². The second-order valence-electron chi connectivity index (χ2n) is 7.12. The molecule has 1 aromatic heterocycles. The SMILES string of the molecule is O=C(CCc1nc2ccccc2c(=O)[nH]1)NNc1ccc(S(=O)(=O)NC2CC2)cc1. The molecule has 0 bridgehead atoms. The maximum absolute atomic E-state index is 12.2. The van der Waals surface area contributed by atoms with Crippen molar-refractivity contribution < 1.29 is 13.2 Å². The van der Waals surface area contributed by atoms with Crippen molar-refractivity contribution in [3.05, 3.63) is 64.7 Å². The van der Waals surface area contributed by atoms with Crippen LogP contribution in [0.2, 0.25) is 0 Å². The van der Waals surface area contributed by atoms with Crippen molar-refractivity contribution >= 4 is 32.5 Å². The number of aromatic nitrogens is 2. The maximum Gasteiger partial charge on any atom is 0.258 e.